The van der Waals surface area contributed by atoms with E-state index in [4.69, 9.17) is 0 Å². The number of nitrogens with one attached hydrogen (secondary N) is 1. The van der Waals surface area contributed by atoms with E-state index in [1.807, 2.05) is 0 Å². The van der Waals surface area contributed by atoms with Crippen LogP contribution in [0.2, 0.25) is 0 Å². The molecule has 29 heavy (non-hydrogen) atoms. The molecule has 2 aromatic rings. The molecule has 1 aliphatic heterocycles. The Morgan fingerprint density at radius 2 is 1.69 bits per heavy atom. The minimum absolute atomic E-state index is 0.00603. The zero-order valence-corrected chi connectivity index (χ0v) is 16.9. The van der Waals surface area contributed by atoms with Gasteiger partial charge in [-0.15, -0.1) is 0 Å². The molecule has 1 saturated heterocycles. The van der Waals surface area contributed by atoms with Gasteiger partial charge in [0.1, 0.15) is 0 Å². The van der Waals surface area contributed by atoms with Gasteiger partial charge in [-0.2, -0.15) is 4.31 Å². The molecule has 1 N–H and O–H groups in total. The summed E-state index contributed by atoms with van der Waals surface area (Å²) in [6.45, 7) is 3.19. The summed E-state index contributed by atoms with van der Waals surface area (Å²) in [5.74, 6) is 0.320. The quantitative estimate of drug-likeness (QED) is 0.420. The Bertz CT molecular complexity index is 980. The average molecular weight is 417 g/mol. The highest BCUT2D eigenvalue weighted by Crippen LogP contribution is 2.24. The lowest BCUT2D eigenvalue weighted by atomic mass is 10.0. The third kappa shape index (κ3) is 4.99. The lowest BCUT2D eigenvalue weighted by Gasteiger charge is -2.29. The molecule has 8 nitrogen and oxygen atoms in total. The Hall–Kier alpha value is -2.78. The lowest BCUT2D eigenvalue weighted by Crippen LogP contribution is -2.37. The summed E-state index contributed by atoms with van der Waals surface area (Å²) in [6.07, 6.45) is 1.73. The zero-order valence-electron chi connectivity index (χ0n) is 16.1. The van der Waals surface area contributed by atoms with Gasteiger partial charge in [0, 0.05) is 36.5 Å². The minimum atomic E-state index is -3.50. The van der Waals surface area contributed by atoms with Crippen LogP contribution in [0.1, 0.15) is 30.1 Å². The Morgan fingerprint density at radius 3 is 2.24 bits per heavy atom. The normalized spacial score (nSPS) is 15.8. The number of Topliss-reactive ketones (excluding diaryl/α,β-unsaturated/α-hetero) is 1. The van der Waals surface area contributed by atoms with Crippen LogP contribution in [-0.2, 0) is 10.0 Å². The molecule has 0 aromatic heterocycles. The highest BCUT2D eigenvalue weighted by Gasteiger charge is 2.27. The second-order valence-corrected chi connectivity index (χ2v) is 9.13. The first kappa shape index (κ1) is 20.9. The van der Waals surface area contributed by atoms with Gasteiger partial charge in [-0.05, 0) is 55.2 Å². The van der Waals surface area contributed by atoms with Crippen molar-refractivity contribution in [2.75, 3.05) is 25.0 Å². The topological polar surface area (TPSA) is 110 Å². The van der Waals surface area contributed by atoms with Crippen molar-refractivity contribution in [1.29, 1.82) is 0 Å². The van der Waals surface area contributed by atoms with E-state index in [0.29, 0.717) is 30.3 Å². The molecule has 0 radical (unpaired) electrons. The number of nitro benzene ring substituents is 1. The van der Waals surface area contributed by atoms with Crippen molar-refractivity contribution >= 4 is 27.2 Å². The summed E-state index contributed by atoms with van der Waals surface area (Å²) in [6, 6.07) is 11.7. The van der Waals surface area contributed by atoms with Crippen molar-refractivity contribution in [2.45, 2.75) is 24.7 Å². The predicted octanol–water partition coefficient (Wildman–Crippen LogP) is 3.31. The standard InChI is InChI=1S/C20H23N3O5S/c1-15-10-12-22(13-11-15)29(27,28)19-8-4-17(5-9-19)21-14-20(24)16-2-6-18(7-3-16)23(25)26/h2-9,15,21H,10-14H2,1H3. The van der Waals surface area contributed by atoms with E-state index >= 15 is 0 Å². The summed E-state index contributed by atoms with van der Waals surface area (Å²) in [4.78, 5) is 22.6. The number of sulfonamides is 1. The van der Waals surface area contributed by atoms with Gasteiger partial charge >= 0.3 is 0 Å². The van der Waals surface area contributed by atoms with Gasteiger partial charge in [0.15, 0.2) is 5.78 Å². The van der Waals surface area contributed by atoms with Crippen molar-refractivity contribution in [2.24, 2.45) is 5.92 Å². The number of carbonyl (C=O) groups excluding carboxylic acids is 1. The van der Waals surface area contributed by atoms with Crippen molar-refractivity contribution in [3.8, 4) is 0 Å². The van der Waals surface area contributed by atoms with Gasteiger partial charge in [-0.25, -0.2) is 8.42 Å². The second-order valence-electron chi connectivity index (χ2n) is 7.19. The van der Waals surface area contributed by atoms with Crippen LogP contribution in [0.25, 0.3) is 0 Å². The minimum Gasteiger partial charge on any atom is -0.378 e. The first-order valence-electron chi connectivity index (χ1n) is 9.39. The van der Waals surface area contributed by atoms with Crippen LogP contribution in [0.4, 0.5) is 11.4 Å². The average Bonchev–Trinajstić information content (AvgIpc) is 2.72. The first-order chi connectivity index (χ1) is 13.8. The van der Waals surface area contributed by atoms with Gasteiger partial charge in [-0.1, -0.05) is 6.92 Å². The Balaban J connectivity index is 1.60. The SMILES string of the molecule is CC1CCN(S(=O)(=O)c2ccc(NCC(=O)c3ccc([N+](=O)[O-])cc3)cc2)CC1. The molecule has 9 heteroatoms. The van der Waals surface area contributed by atoms with Crippen molar-refractivity contribution in [1.82, 2.24) is 4.31 Å². The molecular weight excluding hydrogens is 394 g/mol. The number of benzene rings is 2. The molecule has 0 atom stereocenters. The first-order valence-corrected chi connectivity index (χ1v) is 10.8. The highest BCUT2D eigenvalue weighted by molar-refractivity contribution is 7.89. The van der Waals surface area contributed by atoms with Crippen LogP contribution in [0, 0.1) is 16.0 Å². The van der Waals surface area contributed by atoms with E-state index in [2.05, 4.69) is 12.2 Å². The van der Waals surface area contributed by atoms with Gasteiger partial charge < -0.3 is 5.32 Å². The molecule has 3 rings (SSSR count). The number of nitrogens with zero attached hydrogens (tertiary/aromatic N) is 2. The number of carbonyl (C=O) groups is 1. The van der Waals surface area contributed by atoms with Crippen LogP contribution >= 0.6 is 0 Å². The number of hydrogen-bond acceptors (Lipinski definition) is 6. The van der Waals surface area contributed by atoms with E-state index in [-0.39, 0.29) is 22.9 Å². The molecule has 0 spiro atoms. The number of nitro groups is 1. The molecule has 1 heterocycles. The predicted molar refractivity (Wildman–Crippen MR) is 110 cm³/mol. The molecule has 0 saturated carbocycles. The fourth-order valence-electron chi connectivity index (χ4n) is 3.17. The van der Waals surface area contributed by atoms with Gasteiger partial charge in [0.25, 0.3) is 5.69 Å². The Labute approximate surface area is 169 Å². The summed E-state index contributed by atoms with van der Waals surface area (Å²) in [7, 11) is -3.50. The van der Waals surface area contributed by atoms with Gasteiger partial charge in [0.2, 0.25) is 10.0 Å². The third-order valence-corrected chi connectivity index (χ3v) is 7.00. The van der Waals surface area contributed by atoms with Crippen LogP contribution in [0.3, 0.4) is 0 Å². The van der Waals surface area contributed by atoms with E-state index in [9.17, 15) is 23.3 Å². The highest BCUT2D eigenvalue weighted by atomic mass is 32.2. The molecule has 2 aromatic carbocycles. The molecule has 1 aliphatic rings. The van der Waals surface area contributed by atoms with Gasteiger partial charge in [-0.3, -0.25) is 14.9 Å². The van der Waals surface area contributed by atoms with Crippen LogP contribution in [-0.4, -0.2) is 43.1 Å². The Kier molecular flexibility index (Phi) is 6.29. The molecule has 0 amide bonds. The molecular formula is C20H23N3O5S. The number of piperidine rings is 1. The fourth-order valence-corrected chi connectivity index (χ4v) is 4.64. The van der Waals surface area contributed by atoms with Gasteiger partial charge in [0.05, 0.1) is 16.4 Å². The zero-order chi connectivity index (χ0) is 21.0. The van der Waals surface area contributed by atoms with E-state index < -0.39 is 14.9 Å². The number of anilines is 1. The van der Waals surface area contributed by atoms with Crippen molar-refractivity contribution in [3.63, 3.8) is 0 Å². The second kappa shape index (κ2) is 8.71. The maximum absolute atomic E-state index is 12.7. The summed E-state index contributed by atoms with van der Waals surface area (Å²) in [5, 5.41) is 13.6. The summed E-state index contributed by atoms with van der Waals surface area (Å²) in [5.41, 5.74) is 0.905. The fraction of sp³-hybridized carbons (Fsp3) is 0.350. The monoisotopic (exact) mass is 417 g/mol. The largest absolute Gasteiger partial charge is 0.378 e. The summed E-state index contributed by atoms with van der Waals surface area (Å²) >= 11 is 0. The summed E-state index contributed by atoms with van der Waals surface area (Å²) < 4.78 is 27.0. The van der Waals surface area contributed by atoms with Crippen LogP contribution in [0.15, 0.2) is 53.4 Å². The number of hydrogen-bond donors (Lipinski definition) is 1. The Morgan fingerprint density at radius 1 is 1.10 bits per heavy atom. The lowest BCUT2D eigenvalue weighted by molar-refractivity contribution is -0.384. The maximum Gasteiger partial charge on any atom is 0.269 e. The van der Waals surface area contributed by atoms with Crippen LogP contribution in [0.5, 0.6) is 0 Å². The van der Waals surface area contributed by atoms with Crippen molar-refractivity contribution < 1.29 is 18.1 Å². The number of non-ortho nitro benzene ring substituents is 1. The molecule has 0 aliphatic carbocycles. The smallest absolute Gasteiger partial charge is 0.269 e. The molecule has 1 fully saturated rings. The third-order valence-electron chi connectivity index (χ3n) is 5.09. The van der Waals surface area contributed by atoms with E-state index in [1.165, 1.54) is 40.7 Å². The van der Waals surface area contributed by atoms with Crippen LogP contribution < -0.4 is 5.32 Å². The maximum atomic E-state index is 12.7. The number of rotatable bonds is 7. The van der Waals surface area contributed by atoms with Crippen molar-refractivity contribution in [3.05, 3.63) is 64.2 Å². The van der Waals surface area contributed by atoms with E-state index in [0.717, 1.165) is 12.8 Å². The molecule has 0 unspecified atom stereocenters. The van der Waals surface area contributed by atoms with E-state index in [1.54, 1.807) is 12.1 Å². The molecule has 0 bridgehead atoms. The molecule has 154 valence electrons. The number of ketones is 1.